The van der Waals surface area contributed by atoms with Crippen molar-refractivity contribution in [3.05, 3.63) is 35.1 Å². The summed E-state index contributed by atoms with van der Waals surface area (Å²) in [6.07, 6.45) is 1.82. The molecule has 2 N–H and O–H groups in total. The van der Waals surface area contributed by atoms with Gasteiger partial charge in [-0.05, 0) is 43.9 Å². The van der Waals surface area contributed by atoms with Gasteiger partial charge < -0.3 is 5.32 Å². The summed E-state index contributed by atoms with van der Waals surface area (Å²) < 4.78 is 13.5. The Kier molecular flexibility index (Phi) is 3.97. The smallest absolute Gasteiger partial charge is 0.237 e. The van der Waals surface area contributed by atoms with E-state index in [0.717, 1.165) is 24.9 Å². The lowest BCUT2D eigenvalue weighted by Crippen LogP contribution is -2.48. The molecule has 0 bridgehead atoms. The molecule has 0 saturated carbocycles. The van der Waals surface area contributed by atoms with Crippen LogP contribution in [-0.4, -0.2) is 18.5 Å². The monoisotopic (exact) mass is 250 g/mol. The van der Waals surface area contributed by atoms with E-state index in [1.165, 1.54) is 6.07 Å². The second-order valence-electron chi connectivity index (χ2n) is 4.88. The summed E-state index contributed by atoms with van der Waals surface area (Å²) in [5.74, 6) is -0.157. The molecule has 0 aliphatic carbocycles. The van der Waals surface area contributed by atoms with Crippen molar-refractivity contribution in [1.82, 2.24) is 10.6 Å². The Balaban J connectivity index is 2.04. The van der Waals surface area contributed by atoms with Gasteiger partial charge in [0, 0.05) is 12.6 Å². The van der Waals surface area contributed by atoms with Crippen molar-refractivity contribution in [2.24, 2.45) is 0 Å². The maximum Gasteiger partial charge on any atom is 0.237 e. The number of piperidine rings is 1. The van der Waals surface area contributed by atoms with Crippen molar-refractivity contribution in [2.45, 2.75) is 38.8 Å². The van der Waals surface area contributed by atoms with Gasteiger partial charge >= 0.3 is 0 Å². The van der Waals surface area contributed by atoms with E-state index < -0.39 is 0 Å². The van der Waals surface area contributed by atoms with Gasteiger partial charge in [-0.1, -0.05) is 12.1 Å². The van der Waals surface area contributed by atoms with Crippen molar-refractivity contribution in [3.63, 3.8) is 0 Å². The molecule has 0 aromatic heterocycles. The maximum absolute atomic E-state index is 13.5. The predicted octanol–water partition coefficient (Wildman–Crippen LogP) is 2.06. The summed E-state index contributed by atoms with van der Waals surface area (Å²) in [7, 11) is 0. The first kappa shape index (κ1) is 13.0. The fraction of sp³-hybridized carbons (Fsp3) is 0.500. The number of nitrogens with one attached hydrogen (secondary N) is 2. The van der Waals surface area contributed by atoms with E-state index in [0.29, 0.717) is 5.56 Å². The van der Waals surface area contributed by atoms with Gasteiger partial charge in [0.2, 0.25) is 5.91 Å². The van der Waals surface area contributed by atoms with Crippen LogP contribution < -0.4 is 10.6 Å². The summed E-state index contributed by atoms with van der Waals surface area (Å²) in [6, 6.07) is 5.00. The molecular weight excluding hydrogens is 231 g/mol. The van der Waals surface area contributed by atoms with E-state index in [9.17, 15) is 9.18 Å². The van der Waals surface area contributed by atoms with Gasteiger partial charge in [0.25, 0.3) is 0 Å². The molecular formula is C14H19FN2O. The number of hydrogen-bond acceptors (Lipinski definition) is 2. The lowest BCUT2D eigenvalue weighted by molar-refractivity contribution is -0.124. The van der Waals surface area contributed by atoms with Crippen LogP contribution in [0.3, 0.4) is 0 Å². The second kappa shape index (κ2) is 5.48. The highest BCUT2D eigenvalue weighted by atomic mass is 19.1. The zero-order valence-electron chi connectivity index (χ0n) is 10.8. The standard InChI is InChI=1S/C14H19FN2O/c1-9-5-6-11(8-12(9)15)10(2)17-13-4-3-7-16-14(13)18/h5-6,8,10,13,17H,3-4,7H2,1-2H3,(H,16,18). The fourth-order valence-corrected chi connectivity index (χ4v) is 2.21. The first-order chi connectivity index (χ1) is 8.58. The highest BCUT2D eigenvalue weighted by Crippen LogP contribution is 2.18. The Bertz CT molecular complexity index is 447. The molecule has 18 heavy (non-hydrogen) atoms. The van der Waals surface area contributed by atoms with Gasteiger partial charge in [-0.25, -0.2) is 4.39 Å². The molecule has 1 aromatic carbocycles. The molecule has 0 spiro atoms. The molecule has 1 aliphatic rings. The fourth-order valence-electron chi connectivity index (χ4n) is 2.21. The topological polar surface area (TPSA) is 41.1 Å². The molecule has 98 valence electrons. The van der Waals surface area contributed by atoms with E-state index in [2.05, 4.69) is 10.6 Å². The lowest BCUT2D eigenvalue weighted by atomic mass is 10.0. The Labute approximate surface area is 107 Å². The van der Waals surface area contributed by atoms with Crippen LogP contribution in [0.25, 0.3) is 0 Å². The number of carbonyl (C=O) groups excluding carboxylic acids is 1. The van der Waals surface area contributed by atoms with Crippen LogP contribution in [0.5, 0.6) is 0 Å². The van der Waals surface area contributed by atoms with Crippen LogP contribution in [-0.2, 0) is 4.79 Å². The molecule has 2 unspecified atom stereocenters. The second-order valence-corrected chi connectivity index (χ2v) is 4.88. The van der Waals surface area contributed by atoms with Crippen molar-refractivity contribution in [3.8, 4) is 0 Å². The van der Waals surface area contributed by atoms with E-state index >= 15 is 0 Å². The van der Waals surface area contributed by atoms with Crippen molar-refractivity contribution in [1.29, 1.82) is 0 Å². The Morgan fingerprint density at radius 2 is 2.28 bits per heavy atom. The van der Waals surface area contributed by atoms with Gasteiger partial charge in [0.1, 0.15) is 5.82 Å². The van der Waals surface area contributed by atoms with Crippen LogP contribution in [0.2, 0.25) is 0 Å². The third-order valence-corrected chi connectivity index (χ3v) is 3.43. The summed E-state index contributed by atoms with van der Waals surface area (Å²) in [5.41, 5.74) is 1.51. The number of benzene rings is 1. The van der Waals surface area contributed by atoms with E-state index in [-0.39, 0.29) is 23.8 Å². The quantitative estimate of drug-likeness (QED) is 0.862. The van der Waals surface area contributed by atoms with Gasteiger partial charge in [-0.3, -0.25) is 10.1 Å². The van der Waals surface area contributed by atoms with E-state index in [1.54, 1.807) is 13.0 Å². The Morgan fingerprint density at radius 3 is 2.94 bits per heavy atom. The SMILES string of the molecule is Cc1ccc(C(C)NC2CCCNC2=O)cc1F. The first-order valence-corrected chi connectivity index (χ1v) is 6.37. The van der Waals surface area contributed by atoms with Crippen LogP contribution in [0.15, 0.2) is 18.2 Å². The molecule has 1 saturated heterocycles. The van der Waals surface area contributed by atoms with Crippen molar-refractivity contribution < 1.29 is 9.18 Å². The van der Waals surface area contributed by atoms with E-state index in [1.807, 2.05) is 13.0 Å². The molecule has 2 atom stereocenters. The first-order valence-electron chi connectivity index (χ1n) is 6.37. The van der Waals surface area contributed by atoms with Crippen LogP contribution in [0.4, 0.5) is 4.39 Å². The minimum atomic E-state index is -0.200. The summed E-state index contributed by atoms with van der Waals surface area (Å²) in [4.78, 5) is 11.6. The zero-order chi connectivity index (χ0) is 13.1. The summed E-state index contributed by atoms with van der Waals surface area (Å²) in [5, 5.41) is 6.09. The highest BCUT2D eigenvalue weighted by Gasteiger charge is 2.23. The average Bonchev–Trinajstić information content (AvgIpc) is 2.35. The largest absolute Gasteiger partial charge is 0.355 e. The molecule has 1 amide bonds. The molecule has 3 nitrogen and oxygen atoms in total. The third-order valence-electron chi connectivity index (χ3n) is 3.43. The predicted molar refractivity (Wildman–Crippen MR) is 68.7 cm³/mol. The van der Waals surface area contributed by atoms with E-state index in [4.69, 9.17) is 0 Å². The number of carbonyl (C=O) groups is 1. The summed E-state index contributed by atoms with van der Waals surface area (Å²) >= 11 is 0. The molecule has 0 radical (unpaired) electrons. The molecule has 4 heteroatoms. The van der Waals surface area contributed by atoms with Gasteiger partial charge in [0.15, 0.2) is 0 Å². The van der Waals surface area contributed by atoms with Gasteiger partial charge in [0.05, 0.1) is 6.04 Å². The lowest BCUT2D eigenvalue weighted by Gasteiger charge is -2.26. The van der Waals surface area contributed by atoms with Gasteiger partial charge in [-0.2, -0.15) is 0 Å². The van der Waals surface area contributed by atoms with Crippen LogP contribution in [0.1, 0.15) is 36.9 Å². The average molecular weight is 250 g/mol. The number of aryl methyl sites for hydroxylation is 1. The molecule has 1 heterocycles. The maximum atomic E-state index is 13.5. The number of halogens is 1. The summed E-state index contributed by atoms with van der Waals surface area (Å²) in [6.45, 7) is 4.45. The van der Waals surface area contributed by atoms with Gasteiger partial charge in [-0.15, -0.1) is 0 Å². The van der Waals surface area contributed by atoms with Crippen molar-refractivity contribution in [2.75, 3.05) is 6.54 Å². The molecule has 1 fully saturated rings. The highest BCUT2D eigenvalue weighted by molar-refractivity contribution is 5.82. The Hall–Kier alpha value is -1.42. The molecule has 2 rings (SSSR count). The van der Waals surface area contributed by atoms with Crippen LogP contribution in [0, 0.1) is 12.7 Å². The number of rotatable bonds is 3. The van der Waals surface area contributed by atoms with Crippen molar-refractivity contribution >= 4 is 5.91 Å². The third kappa shape index (κ3) is 2.88. The normalized spacial score (nSPS) is 21.5. The number of amides is 1. The molecule has 1 aromatic rings. The minimum Gasteiger partial charge on any atom is -0.355 e. The molecule has 1 aliphatic heterocycles. The minimum absolute atomic E-state index is 0.0334. The van der Waals surface area contributed by atoms with Crippen LogP contribution >= 0.6 is 0 Å². The Morgan fingerprint density at radius 1 is 1.50 bits per heavy atom. The number of hydrogen-bond donors (Lipinski definition) is 2. The zero-order valence-corrected chi connectivity index (χ0v) is 10.8.